The van der Waals surface area contributed by atoms with Gasteiger partial charge in [0.25, 0.3) is 0 Å². The van der Waals surface area contributed by atoms with Crippen molar-refractivity contribution in [3.05, 3.63) is 41.5 Å². The van der Waals surface area contributed by atoms with Crippen molar-refractivity contribution in [1.29, 1.82) is 0 Å². The van der Waals surface area contributed by atoms with E-state index < -0.39 is 0 Å². The minimum absolute atomic E-state index is 0.635. The van der Waals surface area contributed by atoms with Crippen LogP contribution in [0.4, 0.5) is 0 Å². The molecule has 7 atom stereocenters. The number of benzene rings is 1. The Morgan fingerprint density at radius 2 is 1.58 bits per heavy atom. The van der Waals surface area contributed by atoms with E-state index in [0.29, 0.717) is 10.8 Å². The lowest BCUT2D eigenvalue weighted by molar-refractivity contribution is -0.111. The highest BCUT2D eigenvalue weighted by atomic mass is 14.6. The lowest BCUT2D eigenvalue weighted by Crippen LogP contribution is -2.52. The van der Waals surface area contributed by atoms with Crippen LogP contribution in [0.5, 0.6) is 0 Å². The highest BCUT2D eigenvalue weighted by Gasteiger charge is 2.59. The van der Waals surface area contributed by atoms with Crippen LogP contribution in [0.3, 0.4) is 0 Å². The normalized spacial score (nSPS) is 37.0. The predicted molar refractivity (Wildman–Crippen MR) is 161 cm³/mol. The number of unbranched alkanes of at least 4 members (excludes halogenated alkanes) is 1. The summed E-state index contributed by atoms with van der Waals surface area (Å²) in [6.07, 6.45) is 25.4. The molecule has 4 fully saturated rings. The van der Waals surface area contributed by atoms with Gasteiger partial charge >= 0.3 is 0 Å². The Labute approximate surface area is 226 Å². The van der Waals surface area contributed by atoms with Gasteiger partial charge in [-0.05, 0) is 117 Å². The summed E-state index contributed by atoms with van der Waals surface area (Å²) in [6, 6.07) is 8.90. The van der Waals surface area contributed by atoms with Gasteiger partial charge < -0.3 is 0 Å². The fraction of sp³-hybridized carbons (Fsp3) is 0.778. The molecule has 0 saturated heterocycles. The van der Waals surface area contributed by atoms with Crippen LogP contribution < -0.4 is 0 Å². The maximum atomic E-state index is 2.72. The second-order valence-electron chi connectivity index (χ2n) is 13.1. The van der Waals surface area contributed by atoms with E-state index >= 15 is 0 Å². The third-order valence-electron chi connectivity index (χ3n) is 11.3. The van der Waals surface area contributed by atoms with E-state index in [9.17, 15) is 0 Å². The molecule has 0 radical (unpaired) electrons. The van der Waals surface area contributed by atoms with Crippen LogP contribution in [0.2, 0.25) is 0 Å². The Balaban J connectivity index is 0.000000550. The van der Waals surface area contributed by atoms with Gasteiger partial charge in [0, 0.05) is 0 Å². The molecule has 7 unspecified atom stereocenters. The van der Waals surface area contributed by atoms with Crippen molar-refractivity contribution in [2.24, 2.45) is 40.4 Å². The fourth-order valence-electron chi connectivity index (χ4n) is 9.17. The molecule has 0 bridgehead atoms. The molecule has 0 aromatic heterocycles. The summed E-state index contributed by atoms with van der Waals surface area (Å²) in [5, 5.41) is 0. The van der Waals surface area contributed by atoms with E-state index in [1.807, 2.05) is 13.8 Å². The minimum Gasteiger partial charge on any atom is -0.0839 e. The van der Waals surface area contributed by atoms with Gasteiger partial charge in [-0.3, -0.25) is 0 Å². The van der Waals surface area contributed by atoms with Crippen molar-refractivity contribution < 1.29 is 0 Å². The smallest absolute Gasteiger partial charge is 0.0257 e. The molecule has 0 amide bonds. The molecule has 1 aromatic rings. The summed E-state index contributed by atoms with van der Waals surface area (Å²) in [6.45, 7) is 16.0. The van der Waals surface area contributed by atoms with Gasteiger partial charge in [-0.2, -0.15) is 0 Å². The van der Waals surface area contributed by atoms with Gasteiger partial charge in [-0.25, -0.2) is 0 Å². The van der Waals surface area contributed by atoms with E-state index in [4.69, 9.17) is 0 Å². The van der Waals surface area contributed by atoms with Crippen LogP contribution in [-0.2, 0) is 0 Å². The topological polar surface area (TPSA) is 0 Å². The van der Waals surface area contributed by atoms with Crippen LogP contribution in [0.25, 0.3) is 6.08 Å². The van der Waals surface area contributed by atoms with Gasteiger partial charge in [0.1, 0.15) is 0 Å². The van der Waals surface area contributed by atoms with Gasteiger partial charge in [-0.15, -0.1) is 0 Å². The molecule has 1 aromatic carbocycles. The highest BCUT2D eigenvalue weighted by molar-refractivity contribution is 5.50. The monoisotopic (exact) mass is 492 g/mol. The first-order valence-electron chi connectivity index (χ1n) is 16.2. The quantitative estimate of drug-likeness (QED) is 0.383. The lowest BCUT2D eigenvalue weighted by atomic mass is 9.45. The zero-order valence-electron chi connectivity index (χ0n) is 25.3. The van der Waals surface area contributed by atoms with Crippen LogP contribution in [-0.4, -0.2) is 0 Å². The van der Waals surface area contributed by atoms with E-state index in [2.05, 4.69) is 71.0 Å². The summed E-state index contributed by atoms with van der Waals surface area (Å²) < 4.78 is 0. The Kier molecular flexibility index (Phi) is 11.2. The van der Waals surface area contributed by atoms with E-state index in [1.54, 1.807) is 19.3 Å². The van der Waals surface area contributed by atoms with Gasteiger partial charge in [0.2, 0.25) is 0 Å². The van der Waals surface area contributed by atoms with Crippen LogP contribution in [0, 0.1) is 47.3 Å². The maximum Gasteiger partial charge on any atom is -0.0257 e. The Morgan fingerprint density at radius 1 is 0.833 bits per heavy atom. The molecular weight excluding hydrogens is 432 g/mol. The van der Waals surface area contributed by atoms with Crippen molar-refractivity contribution in [2.75, 3.05) is 0 Å². The van der Waals surface area contributed by atoms with Crippen molar-refractivity contribution in [3.8, 4) is 0 Å². The molecule has 4 saturated carbocycles. The van der Waals surface area contributed by atoms with E-state index in [1.165, 1.54) is 81.8 Å². The molecule has 0 heterocycles. The number of allylic oxidation sites excluding steroid dienone is 1. The van der Waals surface area contributed by atoms with E-state index in [-0.39, 0.29) is 0 Å². The second kappa shape index (κ2) is 13.7. The summed E-state index contributed by atoms with van der Waals surface area (Å²) in [7, 11) is 0. The summed E-state index contributed by atoms with van der Waals surface area (Å²) >= 11 is 0. The third-order valence-corrected chi connectivity index (χ3v) is 11.3. The molecule has 0 spiro atoms. The summed E-state index contributed by atoms with van der Waals surface area (Å²) in [5.74, 6) is 5.15. The lowest BCUT2D eigenvalue weighted by Gasteiger charge is -2.60. The maximum absolute atomic E-state index is 2.72. The Bertz CT molecular complexity index is 802. The number of hydrogen-bond acceptors (Lipinski definition) is 0. The SMILES string of the molecule is CC.CCCC.Cc1cccc(/C=C/CCC2CCC3C4CCC5CCCCC5(C)C4CCC23C)c1. The largest absolute Gasteiger partial charge is 0.0839 e. The Hall–Kier alpha value is -1.04. The zero-order chi connectivity index (χ0) is 26.2. The first kappa shape index (κ1) is 29.5. The molecule has 4 aliphatic carbocycles. The highest BCUT2D eigenvalue weighted by Crippen LogP contribution is 2.67. The number of fused-ring (bicyclic) bond motifs is 5. The van der Waals surface area contributed by atoms with Crippen LogP contribution >= 0.6 is 0 Å². The Morgan fingerprint density at radius 3 is 2.31 bits per heavy atom. The average Bonchev–Trinajstić information content (AvgIpc) is 3.24. The molecule has 0 nitrogen and oxygen atoms in total. The number of aryl methyl sites for hydroxylation is 1. The molecule has 0 aliphatic heterocycles. The molecular formula is C36H60. The summed E-state index contributed by atoms with van der Waals surface area (Å²) in [4.78, 5) is 0. The van der Waals surface area contributed by atoms with Crippen molar-refractivity contribution in [3.63, 3.8) is 0 Å². The van der Waals surface area contributed by atoms with Crippen molar-refractivity contribution >= 4 is 6.08 Å². The second-order valence-corrected chi connectivity index (χ2v) is 13.1. The average molecular weight is 493 g/mol. The van der Waals surface area contributed by atoms with E-state index in [0.717, 1.165) is 29.6 Å². The molecule has 204 valence electrons. The zero-order valence-corrected chi connectivity index (χ0v) is 25.3. The predicted octanol–water partition coefficient (Wildman–Crippen LogP) is 11.7. The fourth-order valence-corrected chi connectivity index (χ4v) is 9.17. The van der Waals surface area contributed by atoms with Crippen molar-refractivity contribution in [1.82, 2.24) is 0 Å². The molecule has 36 heavy (non-hydrogen) atoms. The molecule has 0 N–H and O–H groups in total. The number of rotatable bonds is 5. The molecule has 4 aliphatic rings. The van der Waals surface area contributed by atoms with Gasteiger partial charge in [0.05, 0.1) is 0 Å². The molecule has 5 rings (SSSR count). The molecule has 0 heteroatoms. The van der Waals surface area contributed by atoms with Crippen LogP contribution in [0.1, 0.15) is 143 Å². The minimum atomic E-state index is 0.635. The van der Waals surface area contributed by atoms with Gasteiger partial charge in [0.15, 0.2) is 0 Å². The number of hydrogen-bond donors (Lipinski definition) is 0. The summed E-state index contributed by atoms with van der Waals surface area (Å²) in [5.41, 5.74) is 4.05. The first-order chi connectivity index (χ1) is 17.4. The van der Waals surface area contributed by atoms with Gasteiger partial charge in [-0.1, -0.05) is 109 Å². The van der Waals surface area contributed by atoms with Crippen LogP contribution in [0.15, 0.2) is 30.3 Å². The van der Waals surface area contributed by atoms with Crippen molar-refractivity contribution in [2.45, 2.75) is 138 Å². The standard InChI is InChI=1S/C30H44.C4H10.C2H6/c1-22-9-8-11-23(21-22)10-4-5-12-25-15-17-27-26-16-14-24-13-6-7-19-29(24,2)28(26)18-20-30(25,27)3;1-3-4-2;1-2/h4,8-11,21,24-28H,5-7,12-20H2,1-3H3;3-4H2,1-2H3;1-2H3/b10-4+;;. The first-order valence-corrected chi connectivity index (χ1v) is 16.2. The third kappa shape index (κ3) is 6.32.